The van der Waals surface area contributed by atoms with Crippen LogP contribution in [-0.4, -0.2) is 11.8 Å². The molecule has 9 heteroatoms. The molecule has 0 atom stereocenters. The Bertz CT molecular complexity index is 908. The first kappa shape index (κ1) is 19.0. The van der Waals surface area contributed by atoms with Crippen LogP contribution in [0.3, 0.4) is 0 Å². The van der Waals surface area contributed by atoms with Gasteiger partial charge in [-0.1, -0.05) is 13.3 Å². The molecule has 0 bridgehead atoms. The van der Waals surface area contributed by atoms with E-state index in [9.17, 15) is 27.2 Å². The van der Waals surface area contributed by atoms with E-state index < -0.39 is 46.2 Å². The van der Waals surface area contributed by atoms with Crippen LogP contribution >= 0.6 is 31.9 Å². The van der Waals surface area contributed by atoms with Crippen molar-refractivity contribution >= 4 is 49.4 Å². The fraction of sp³-hybridized carbons (Fsp3) is 0.176. The Hall–Kier alpha value is -1.74. The van der Waals surface area contributed by atoms with Gasteiger partial charge in [0.05, 0.1) is 16.8 Å². The molecular formula is C17H9Br2F4NO2. The van der Waals surface area contributed by atoms with Gasteiger partial charge in [0.1, 0.15) is 0 Å². The van der Waals surface area contributed by atoms with Crippen LogP contribution in [0.4, 0.5) is 23.2 Å². The third-order valence-corrected chi connectivity index (χ3v) is 5.15. The first-order valence-electron chi connectivity index (χ1n) is 7.43. The lowest BCUT2D eigenvalue weighted by atomic mass is 10.1. The highest BCUT2D eigenvalue weighted by Gasteiger charge is 2.45. The van der Waals surface area contributed by atoms with E-state index in [-0.39, 0.29) is 5.69 Å². The first-order valence-corrected chi connectivity index (χ1v) is 9.01. The summed E-state index contributed by atoms with van der Waals surface area (Å²) in [4.78, 5) is 25.5. The second-order valence-corrected chi connectivity index (χ2v) is 7.32. The highest BCUT2D eigenvalue weighted by molar-refractivity contribution is 9.11. The van der Waals surface area contributed by atoms with Crippen molar-refractivity contribution in [1.82, 2.24) is 0 Å². The minimum absolute atomic E-state index is 0.00401. The third-order valence-electron chi connectivity index (χ3n) is 3.94. The molecule has 1 heterocycles. The van der Waals surface area contributed by atoms with Gasteiger partial charge in [0.2, 0.25) is 0 Å². The number of carbonyl (C=O) groups excluding carboxylic acids is 2. The van der Waals surface area contributed by atoms with E-state index >= 15 is 0 Å². The second kappa shape index (κ2) is 6.77. The minimum atomic E-state index is -2.14. The third kappa shape index (κ3) is 2.68. The molecule has 2 aromatic rings. The largest absolute Gasteiger partial charge is 0.269 e. The van der Waals surface area contributed by atoms with Gasteiger partial charge in [-0.15, -0.1) is 0 Å². The van der Waals surface area contributed by atoms with Crippen molar-refractivity contribution in [2.75, 3.05) is 4.90 Å². The predicted molar refractivity (Wildman–Crippen MR) is 93.3 cm³/mol. The molecule has 0 saturated carbocycles. The van der Waals surface area contributed by atoms with Crippen molar-refractivity contribution in [1.29, 1.82) is 0 Å². The van der Waals surface area contributed by atoms with Gasteiger partial charge in [0.25, 0.3) is 11.8 Å². The van der Waals surface area contributed by atoms with Crippen molar-refractivity contribution in [2.24, 2.45) is 0 Å². The number of anilines is 1. The highest BCUT2D eigenvalue weighted by atomic mass is 79.9. The van der Waals surface area contributed by atoms with Crippen LogP contribution in [0.1, 0.15) is 39.6 Å². The molecule has 136 valence electrons. The summed E-state index contributed by atoms with van der Waals surface area (Å²) in [5, 5.41) is 0. The SMILES string of the molecule is CCCc1cc(Br)c(N2C(=O)c3c(F)c(F)c(F)c(F)c3C2=O)c(Br)c1. The molecule has 2 amide bonds. The second-order valence-electron chi connectivity index (χ2n) is 5.61. The fourth-order valence-electron chi connectivity index (χ4n) is 2.82. The van der Waals surface area contributed by atoms with Gasteiger partial charge in [-0.05, 0) is 56.0 Å². The lowest BCUT2D eigenvalue weighted by Gasteiger charge is -2.18. The van der Waals surface area contributed by atoms with E-state index in [2.05, 4.69) is 31.9 Å². The van der Waals surface area contributed by atoms with Crippen LogP contribution in [0.25, 0.3) is 0 Å². The van der Waals surface area contributed by atoms with Gasteiger partial charge in [-0.3, -0.25) is 9.59 Å². The number of nitrogens with zero attached hydrogens (tertiary/aromatic N) is 1. The summed E-state index contributed by atoms with van der Waals surface area (Å²) < 4.78 is 55.6. The molecule has 0 aliphatic carbocycles. The smallest absolute Gasteiger partial charge is 0.268 e. The van der Waals surface area contributed by atoms with Crippen molar-refractivity contribution in [3.63, 3.8) is 0 Å². The molecule has 0 radical (unpaired) electrons. The predicted octanol–water partition coefficient (Wildman–Crippen LogP) is 5.52. The molecule has 2 aromatic carbocycles. The fourth-order valence-corrected chi connectivity index (χ4v) is 4.45. The molecule has 0 spiro atoms. The number of fused-ring (bicyclic) bond motifs is 1. The summed E-state index contributed by atoms with van der Waals surface area (Å²) in [6.45, 7) is 1.97. The Kier molecular flexibility index (Phi) is 4.96. The molecule has 0 fully saturated rings. The molecule has 0 unspecified atom stereocenters. The summed E-state index contributed by atoms with van der Waals surface area (Å²) in [5.41, 5.74) is -1.36. The summed E-state index contributed by atoms with van der Waals surface area (Å²) in [6, 6.07) is 3.31. The van der Waals surface area contributed by atoms with Crippen LogP contribution in [0.5, 0.6) is 0 Å². The summed E-state index contributed by atoms with van der Waals surface area (Å²) >= 11 is 6.46. The average Bonchev–Trinajstić information content (AvgIpc) is 2.83. The molecule has 1 aliphatic heterocycles. The number of amides is 2. The number of hydrogen-bond acceptors (Lipinski definition) is 2. The van der Waals surface area contributed by atoms with Gasteiger partial charge in [-0.25, -0.2) is 22.5 Å². The van der Waals surface area contributed by atoms with E-state index in [0.29, 0.717) is 13.8 Å². The van der Waals surface area contributed by atoms with Crippen LogP contribution in [0.2, 0.25) is 0 Å². The number of carbonyl (C=O) groups is 2. The molecule has 1 aliphatic rings. The minimum Gasteiger partial charge on any atom is -0.268 e. The lowest BCUT2D eigenvalue weighted by molar-refractivity contribution is 0.0923. The molecule has 0 N–H and O–H groups in total. The maximum atomic E-state index is 14.0. The molecule has 0 aromatic heterocycles. The Morgan fingerprint density at radius 1 is 0.846 bits per heavy atom. The monoisotopic (exact) mass is 493 g/mol. The number of aryl methyl sites for hydroxylation is 1. The Morgan fingerprint density at radius 3 is 1.65 bits per heavy atom. The van der Waals surface area contributed by atoms with Crippen molar-refractivity contribution < 1.29 is 27.2 Å². The van der Waals surface area contributed by atoms with Crippen LogP contribution in [-0.2, 0) is 6.42 Å². The van der Waals surface area contributed by atoms with E-state index in [1.54, 1.807) is 12.1 Å². The molecule has 3 rings (SSSR count). The first-order chi connectivity index (χ1) is 12.2. The van der Waals surface area contributed by atoms with Crippen LogP contribution in [0, 0.1) is 23.3 Å². The van der Waals surface area contributed by atoms with Crippen molar-refractivity contribution in [2.45, 2.75) is 19.8 Å². The zero-order chi connectivity index (χ0) is 19.3. The molecular weight excluding hydrogens is 486 g/mol. The van der Waals surface area contributed by atoms with E-state index in [1.807, 2.05) is 6.92 Å². The Labute approximate surface area is 162 Å². The number of halogens is 6. The Balaban J connectivity index is 2.21. The average molecular weight is 495 g/mol. The van der Waals surface area contributed by atoms with E-state index in [0.717, 1.165) is 18.4 Å². The number of benzene rings is 2. The maximum absolute atomic E-state index is 14.0. The van der Waals surface area contributed by atoms with Crippen LogP contribution in [0.15, 0.2) is 21.1 Å². The van der Waals surface area contributed by atoms with Gasteiger partial charge < -0.3 is 0 Å². The zero-order valence-corrected chi connectivity index (χ0v) is 16.3. The summed E-state index contributed by atoms with van der Waals surface area (Å²) in [5.74, 6) is -10.6. The molecule has 3 nitrogen and oxygen atoms in total. The molecule has 0 saturated heterocycles. The van der Waals surface area contributed by atoms with Gasteiger partial charge in [0, 0.05) is 8.95 Å². The number of hydrogen-bond donors (Lipinski definition) is 0. The standard InChI is InChI=1S/C17H9Br2F4NO2/c1-2-3-6-4-7(18)15(8(19)5-6)24-16(25)9-10(17(24)26)12(21)14(23)13(22)11(9)20/h4-5H,2-3H2,1H3. The van der Waals surface area contributed by atoms with E-state index in [4.69, 9.17) is 0 Å². The van der Waals surface area contributed by atoms with Crippen molar-refractivity contribution in [3.8, 4) is 0 Å². The topological polar surface area (TPSA) is 37.4 Å². The molecule has 26 heavy (non-hydrogen) atoms. The van der Waals surface area contributed by atoms with E-state index in [1.165, 1.54) is 0 Å². The van der Waals surface area contributed by atoms with Crippen molar-refractivity contribution in [3.05, 3.63) is 61.0 Å². The van der Waals surface area contributed by atoms with Crippen LogP contribution < -0.4 is 4.90 Å². The van der Waals surface area contributed by atoms with Gasteiger partial charge in [0.15, 0.2) is 23.3 Å². The van der Waals surface area contributed by atoms with Gasteiger partial charge in [-0.2, -0.15) is 0 Å². The maximum Gasteiger partial charge on any atom is 0.269 e. The lowest BCUT2D eigenvalue weighted by Crippen LogP contribution is -2.30. The number of rotatable bonds is 3. The zero-order valence-electron chi connectivity index (χ0n) is 13.1. The highest BCUT2D eigenvalue weighted by Crippen LogP contribution is 2.41. The normalized spacial score (nSPS) is 13.6. The summed E-state index contributed by atoms with van der Waals surface area (Å²) in [6.07, 6.45) is 1.57. The Morgan fingerprint density at radius 2 is 1.27 bits per heavy atom. The number of imide groups is 1. The van der Waals surface area contributed by atoms with Gasteiger partial charge >= 0.3 is 0 Å². The summed E-state index contributed by atoms with van der Waals surface area (Å²) in [7, 11) is 0. The quantitative estimate of drug-likeness (QED) is 0.244.